The Hall–Kier alpha value is 0.170. The zero-order chi connectivity index (χ0) is 11.3. The van der Waals surface area contributed by atoms with Crippen molar-refractivity contribution in [3.05, 3.63) is 0 Å². The van der Waals surface area contributed by atoms with Crippen LogP contribution >= 0.6 is 23.5 Å². The molecular formula is C11H22N2S2. The van der Waals surface area contributed by atoms with Gasteiger partial charge in [0.2, 0.25) is 0 Å². The summed E-state index contributed by atoms with van der Waals surface area (Å²) in [6.45, 7) is 7.81. The highest BCUT2D eigenvalue weighted by atomic mass is 32.2. The van der Waals surface area contributed by atoms with Gasteiger partial charge in [-0.25, -0.2) is 0 Å². The molecule has 0 aromatic rings. The van der Waals surface area contributed by atoms with Gasteiger partial charge in [0.15, 0.2) is 5.17 Å². The van der Waals surface area contributed by atoms with Crippen LogP contribution in [-0.4, -0.2) is 35.5 Å². The zero-order valence-corrected chi connectivity index (χ0v) is 11.8. The minimum absolute atomic E-state index is 0.335. The van der Waals surface area contributed by atoms with Gasteiger partial charge in [0.25, 0.3) is 0 Å². The normalized spacial score (nSPS) is 25.3. The van der Waals surface area contributed by atoms with E-state index in [1.165, 1.54) is 12.2 Å². The predicted molar refractivity (Wildman–Crippen MR) is 74.1 cm³/mol. The lowest BCUT2D eigenvalue weighted by atomic mass is 9.85. The lowest BCUT2D eigenvalue weighted by Gasteiger charge is -2.35. The van der Waals surface area contributed by atoms with Gasteiger partial charge in [-0.05, 0) is 18.1 Å². The molecule has 4 heteroatoms. The lowest BCUT2D eigenvalue weighted by Crippen LogP contribution is -2.46. The Morgan fingerprint density at radius 1 is 1.53 bits per heavy atom. The molecule has 1 heterocycles. The molecule has 0 spiro atoms. The third kappa shape index (κ3) is 4.68. The van der Waals surface area contributed by atoms with Gasteiger partial charge >= 0.3 is 0 Å². The van der Waals surface area contributed by atoms with E-state index in [1.807, 2.05) is 23.5 Å². The van der Waals surface area contributed by atoms with Crippen molar-refractivity contribution in [3.8, 4) is 0 Å². The molecule has 1 saturated heterocycles. The molecule has 0 amide bonds. The molecule has 2 nitrogen and oxygen atoms in total. The largest absolute Gasteiger partial charge is 0.362 e. The maximum Gasteiger partial charge on any atom is 0.156 e. The molecule has 1 unspecified atom stereocenters. The van der Waals surface area contributed by atoms with Crippen LogP contribution < -0.4 is 5.32 Å². The van der Waals surface area contributed by atoms with Gasteiger partial charge in [0.05, 0.1) is 6.54 Å². The van der Waals surface area contributed by atoms with Crippen molar-refractivity contribution in [1.29, 1.82) is 0 Å². The Kier molecular flexibility index (Phi) is 5.33. The van der Waals surface area contributed by atoms with Crippen LogP contribution in [0.5, 0.6) is 0 Å². The topological polar surface area (TPSA) is 24.4 Å². The molecule has 88 valence electrons. The van der Waals surface area contributed by atoms with Gasteiger partial charge in [0, 0.05) is 17.5 Å². The van der Waals surface area contributed by atoms with Crippen LogP contribution in [0, 0.1) is 5.41 Å². The van der Waals surface area contributed by atoms with Gasteiger partial charge in [-0.2, -0.15) is 11.8 Å². The number of thioether (sulfide) groups is 2. The van der Waals surface area contributed by atoms with Crippen LogP contribution in [0.15, 0.2) is 4.99 Å². The van der Waals surface area contributed by atoms with Crippen molar-refractivity contribution in [3.63, 3.8) is 0 Å². The summed E-state index contributed by atoms with van der Waals surface area (Å²) in [5, 5.41) is 4.70. The predicted octanol–water partition coefficient (Wildman–Crippen LogP) is 2.85. The molecule has 0 aromatic heterocycles. The van der Waals surface area contributed by atoms with Gasteiger partial charge in [-0.15, -0.1) is 0 Å². The van der Waals surface area contributed by atoms with Crippen molar-refractivity contribution >= 4 is 28.7 Å². The molecule has 1 aliphatic rings. The smallest absolute Gasteiger partial charge is 0.156 e. The Morgan fingerprint density at radius 2 is 2.27 bits per heavy atom. The quantitative estimate of drug-likeness (QED) is 0.775. The molecule has 0 aromatic carbocycles. The summed E-state index contributed by atoms with van der Waals surface area (Å²) in [4.78, 5) is 4.58. The summed E-state index contributed by atoms with van der Waals surface area (Å²) in [5.74, 6) is 2.32. The molecule has 1 fully saturated rings. The molecule has 1 rings (SSSR count). The van der Waals surface area contributed by atoms with Gasteiger partial charge in [-0.1, -0.05) is 32.5 Å². The van der Waals surface area contributed by atoms with Crippen molar-refractivity contribution in [2.45, 2.75) is 33.2 Å². The van der Waals surface area contributed by atoms with Crippen LogP contribution in [0.25, 0.3) is 0 Å². The van der Waals surface area contributed by atoms with Crippen LogP contribution in [0.2, 0.25) is 0 Å². The standard InChI is InChI=1S/C11H22N2S2/c1-11(2,3)9-5-7-15-10(13-9)12-6-8-14-4/h9H,5-8H2,1-4H3,(H,12,13). The second-order valence-corrected chi connectivity index (χ2v) is 6.95. The number of rotatable bonds is 3. The molecular weight excluding hydrogens is 224 g/mol. The zero-order valence-electron chi connectivity index (χ0n) is 10.2. The van der Waals surface area contributed by atoms with Crippen LogP contribution in [0.3, 0.4) is 0 Å². The van der Waals surface area contributed by atoms with Crippen molar-refractivity contribution in [2.75, 3.05) is 24.3 Å². The third-order valence-corrected chi connectivity index (χ3v) is 4.09. The van der Waals surface area contributed by atoms with Crippen LogP contribution in [0.4, 0.5) is 0 Å². The number of nitrogens with one attached hydrogen (secondary N) is 1. The first-order chi connectivity index (χ1) is 7.04. The summed E-state index contributed by atoms with van der Waals surface area (Å²) in [6, 6.07) is 0.576. The van der Waals surface area contributed by atoms with E-state index in [2.05, 4.69) is 37.3 Å². The van der Waals surface area contributed by atoms with Gasteiger partial charge in [-0.3, -0.25) is 4.99 Å². The first-order valence-corrected chi connectivity index (χ1v) is 7.84. The SMILES string of the molecule is CSCCN=C1NC(C(C)(C)C)CCS1. The highest BCUT2D eigenvalue weighted by Crippen LogP contribution is 2.27. The maximum atomic E-state index is 4.58. The number of amidine groups is 1. The summed E-state index contributed by atoms with van der Waals surface area (Å²) in [6.07, 6.45) is 3.37. The van der Waals surface area contributed by atoms with Crippen molar-refractivity contribution in [1.82, 2.24) is 5.32 Å². The summed E-state index contributed by atoms with van der Waals surface area (Å²) in [7, 11) is 0. The molecule has 15 heavy (non-hydrogen) atoms. The minimum atomic E-state index is 0.335. The molecule has 0 radical (unpaired) electrons. The maximum absolute atomic E-state index is 4.58. The number of hydrogen-bond donors (Lipinski definition) is 1. The highest BCUT2D eigenvalue weighted by Gasteiger charge is 2.28. The average Bonchev–Trinajstić information content (AvgIpc) is 2.17. The van der Waals surface area contributed by atoms with Crippen LogP contribution in [-0.2, 0) is 0 Å². The molecule has 0 bridgehead atoms. The summed E-state index contributed by atoms with van der Waals surface area (Å²) < 4.78 is 0. The fourth-order valence-electron chi connectivity index (χ4n) is 1.52. The van der Waals surface area contributed by atoms with E-state index in [-0.39, 0.29) is 0 Å². The van der Waals surface area contributed by atoms with Crippen molar-refractivity contribution in [2.24, 2.45) is 10.4 Å². The van der Waals surface area contributed by atoms with E-state index >= 15 is 0 Å². The second-order valence-electron chi connectivity index (χ2n) is 4.88. The summed E-state index contributed by atoms with van der Waals surface area (Å²) in [5.41, 5.74) is 0.335. The molecule has 1 aliphatic heterocycles. The Bertz CT molecular complexity index is 221. The van der Waals surface area contributed by atoms with Gasteiger partial charge < -0.3 is 5.32 Å². The second kappa shape index (κ2) is 6.04. The van der Waals surface area contributed by atoms with E-state index in [0.29, 0.717) is 11.5 Å². The summed E-state index contributed by atoms with van der Waals surface area (Å²) >= 11 is 3.72. The Labute approximate surface area is 102 Å². The molecule has 1 atom stereocenters. The first-order valence-electron chi connectivity index (χ1n) is 5.47. The molecule has 1 N–H and O–H groups in total. The monoisotopic (exact) mass is 246 g/mol. The van der Waals surface area contributed by atoms with Gasteiger partial charge in [0.1, 0.15) is 0 Å². The molecule has 0 saturated carbocycles. The van der Waals surface area contributed by atoms with E-state index in [1.54, 1.807) is 0 Å². The molecule has 0 aliphatic carbocycles. The first kappa shape index (κ1) is 13.2. The number of aliphatic imine (C=N–C) groups is 1. The third-order valence-electron chi connectivity index (χ3n) is 2.54. The fraction of sp³-hybridized carbons (Fsp3) is 0.909. The van der Waals surface area contributed by atoms with E-state index in [4.69, 9.17) is 0 Å². The Morgan fingerprint density at radius 3 is 2.87 bits per heavy atom. The Balaban J connectivity index is 2.45. The van der Waals surface area contributed by atoms with Crippen molar-refractivity contribution < 1.29 is 0 Å². The number of nitrogens with zero attached hydrogens (tertiary/aromatic N) is 1. The highest BCUT2D eigenvalue weighted by molar-refractivity contribution is 8.13. The average molecular weight is 246 g/mol. The fourth-order valence-corrected chi connectivity index (χ4v) is 2.74. The minimum Gasteiger partial charge on any atom is -0.362 e. The van der Waals surface area contributed by atoms with Crippen LogP contribution in [0.1, 0.15) is 27.2 Å². The van der Waals surface area contributed by atoms with E-state index < -0.39 is 0 Å². The van der Waals surface area contributed by atoms with E-state index in [0.717, 1.165) is 17.5 Å². The van der Waals surface area contributed by atoms with E-state index in [9.17, 15) is 0 Å². The number of hydrogen-bond acceptors (Lipinski definition) is 3. The lowest BCUT2D eigenvalue weighted by molar-refractivity contribution is 0.290.